The van der Waals surface area contributed by atoms with Crippen molar-refractivity contribution in [2.45, 2.75) is 0 Å². The van der Waals surface area contributed by atoms with Crippen LogP contribution in [0.2, 0.25) is 0 Å². The maximum atomic E-state index is 11.8. The topological polar surface area (TPSA) is 98.0 Å². The summed E-state index contributed by atoms with van der Waals surface area (Å²) in [5, 5.41) is 37.3. The van der Waals surface area contributed by atoms with Crippen molar-refractivity contribution < 1.29 is 25.2 Å². The number of carbonyl (C=O) groups is 1. The maximum Gasteiger partial charge on any atom is 0.200 e. The summed E-state index contributed by atoms with van der Waals surface area (Å²) >= 11 is 0. The van der Waals surface area contributed by atoms with Gasteiger partial charge >= 0.3 is 0 Å². The zero-order valence-electron chi connectivity index (χ0n) is 10.3. The second-order valence-electron chi connectivity index (χ2n) is 4.12. The molecule has 102 valence electrons. The molecule has 0 atom stereocenters. The number of phenols is 4. The maximum absolute atomic E-state index is 11.8. The molecule has 0 bridgehead atoms. The number of hydrogen-bond acceptors (Lipinski definition) is 5. The second kappa shape index (κ2) is 5.36. The molecule has 0 aliphatic heterocycles. The van der Waals surface area contributed by atoms with E-state index >= 15 is 0 Å². The molecule has 0 saturated carbocycles. The summed E-state index contributed by atoms with van der Waals surface area (Å²) in [6, 6.07) is 8.30. The van der Waals surface area contributed by atoms with Crippen molar-refractivity contribution in [2.75, 3.05) is 0 Å². The molecular weight excluding hydrogens is 260 g/mol. The van der Waals surface area contributed by atoms with Gasteiger partial charge in [0.1, 0.15) is 5.75 Å². The van der Waals surface area contributed by atoms with Gasteiger partial charge in [-0.2, -0.15) is 0 Å². The molecule has 0 amide bonds. The minimum absolute atomic E-state index is 0.0617. The fourth-order valence-corrected chi connectivity index (χ4v) is 1.61. The van der Waals surface area contributed by atoms with E-state index in [4.69, 9.17) is 5.11 Å². The third kappa shape index (κ3) is 2.72. The summed E-state index contributed by atoms with van der Waals surface area (Å²) in [4.78, 5) is 11.8. The second-order valence-corrected chi connectivity index (χ2v) is 4.12. The van der Waals surface area contributed by atoms with E-state index in [2.05, 4.69) is 0 Å². The number of rotatable bonds is 3. The molecule has 2 aromatic carbocycles. The van der Waals surface area contributed by atoms with Crippen molar-refractivity contribution in [3.05, 3.63) is 53.6 Å². The van der Waals surface area contributed by atoms with Crippen LogP contribution in [-0.2, 0) is 0 Å². The molecular formula is C15H12O5. The fourth-order valence-electron chi connectivity index (χ4n) is 1.61. The lowest BCUT2D eigenvalue weighted by atomic mass is 10.1. The van der Waals surface area contributed by atoms with Crippen molar-refractivity contribution in [1.29, 1.82) is 0 Å². The predicted molar refractivity (Wildman–Crippen MR) is 72.9 cm³/mol. The van der Waals surface area contributed by atoms with Gasteiger partial charge in [-0.15, -0.1) is 0 Å². The average molecular weight is 272 g/mol. The Kier molecular flexibility index (Phi) is 3.61. The third-order valence-electron chi connectivity index (χ3n) is 2.73. The Bertz CT molecular complexity index is 671. The summed E-state index contributed by atoms with van der Waals surface area (Å²) in [7, 11) is 0. The van der Waals surface area contributed by atoms with Gasteiger partial charge < -0.3 is 20.4 Å². The van der Waals surface area contributed by atoms with Gasteiger partial charge in [-0.05, 0) is 48.6 Å². The molecule has 5 nitrogen and oxygen atoms in total. The first-order valence-corrected chi connectivity index (χ1v) is 5.74. The molecule has 5 heteroatoms. The average Bonchev–Trinajstić information content (AvgIpc) is 2.44. The highest BCUT2D eigenvalue weighted by molar-refractivity contribution is 6.07. The lowest BCUT2D eigenvalue weighted by Crippen LogP contribution is -1.93. The van der Waals surface area contributed by atoms with Gasteiger partial charge in [0.15, 0.2) is 17.3 Å². The van der Waals surface area contributed by atoms with Gasteiger partial charge in [-0.1, -0.05) is 0 Å². The minimum atomic E-state index is -0.635. The minimum Gasteiger partial charge on any atom is -0.508 e. The summed E-state index contributed by atoms with van der Waals surface area (Å²) in [6.07, 6.45) is 2.54. The first kappa shape index (κ1) is 13.5. The van der Waals surface area contributed by atoms with Crippen LogP contribution in [0.5, 0.6) is 23.0 Å². The predicted octanol–water partition coefficient (Wildman–Crippen LogP) is 2.41. The molecule has 0 aromatic heterocycles. The summed E-state index contributed by atoms with van der Waals surface area (Å²) in [5.41, 5.74) is 0.578. The van der Waals surface area contributed by atoms with Crippen LogP contribution in [0.4, 0.5) is 0 Å². The Hall–Kier alpha value is -2.95. The number of hydrogen-bond donors (Lipinski definition) is 4. The Balaban J connectivity index is 2.23. The summed E-state index contributed by atoms with van der Waals surface area (Å²) in [5.74, 6) is -1.84. The standard InChI is InChI=1S/C15H12O5/c16-11-5-1-9(2-6-11)12(17)7-3-10-4-8-13(18)15(20)14(10)19/h1-8,16,18-20H/b7-3+. The molecule has 4 N–H and O–H groups in total. The van der Waals surface area contributed by atoms with Gasteiger partial charge in [0.25, 0.3) is 0 Å². The normalized spacial score (nSPS) is 10.8. The number of phenolic OH excluding ortho intramolecular Hbond substituents is 4. The van der Waals surface area contributed by atoms with Crippen molar-refractivity contribution in [1.82, 2.24) is 0 Å². The van der Waals surface area contributed by atoms with E-state index in [0.717, 1.165) is 0 Å². The van der Waals surface area contributed by atoms with E-state index < -0.39 is 17.2 Å². The van der Waals surface area contributed by atoms with Crippen LogP contribution in [0.3, 0.4) is 0 Å². The van der Waals surface area contributed by atoms with Crippen LogP contribution in [0, 0.1) is 0 Å². The first-order valence-electron chi connectivity index (χ1n) is 5.74. The van der Waals surface area contributed by atoms with Crippen LogP contribution in [0.1, 0.15) is 15.9 Å². The van der Waals surface area contributed by atoms with Crippen molar-refractivity contribution in [3.63, 3.8) is 0 Å². The van der Waals surface area contributed by atoms with Gasteiger partial charge in [-0.25, -0.2) is 0 Å². The molecule has 0 unspecified atom stereocenters. The Morgan fingerprint density at radius 3 is 2.15 bits per heavy atom. The van der Waals surface area contributed by atoms with E-state index in [-0.39, 0.29) is 17.1 Å². The Morgan fingerprint density at radius 2 is 1.50 bits per heavy atom. The van der Waals surface area contributed by atoms with Crippen LogP contribution in [0.15, 0.2) is 42.5 Å². The smallest absolute Gasteiger partial charge is 0.200 e. The van der Waals surface area contributed by atoms with Crippen LogP contribution < -0.4 is 0 Å². The van der Waals surface area contributed by atoms with E-state index in [0.29, 0.717) is 5.56 Å². The molecule has 2 aromatic rings. The lowest BCUT2D eigenvalue weighted by Gasteiger charge is -2.03. The Morgan fingerprint density at radius 1 is 0.850 bits per heavy atom. The molecule has 0 saturated heterocycles. The van der Waals surface area contributed by atoms with Gasteiger partial charge in [0.2, 0.25) is 5.75 Å². The molecule has 0 aliphatic carbocycles. The number of aromatic hydroxyl groups is 4. The quantitative estimate of drug-likeness (QED) is 0.391. The van der Waals surface area contributed by atoms with Crippen molar-refractivity contribution in [3.8, 4) is 23.0 Å². The fraction of sp³-hybridized carbons (Fsp3) is 0. The van der Waals surface area contributed by atoms with E-state index in [1.54, 1.807) is 0 Å². The number of benzene rings is 2. The van der Waals surface area contributed by atoms with Crippen molar-refractivity contribution in [2.24, 2.45) is 0 Å². The molecule has 0 spiro atoms. The zero-order valence-corrected chi connectivity index (χ0v) is 10.3. The highest BCUT2D eigenvalue weighted by Crippen LogP contribution is 2.37. The van der Waals surface area contributed by atoms with Gasteiger partial charge in [-0.3, -0.25) is 4.79 Å². The highest BCUT2D eigenvalue weighted by Gasteiger charge is 2.09. The SMILES string of the molecule is O=C(/C=C/c1ccc(O)c(O)c1O)c1ccc(O)cc1. The Labute approximate surface area is 114 Å². The molecule has 0 radical (unpaired) electrons. The van der Waals surface area contributed by atoms with Crippen LogP contribution in [0.25, 0.3) is 6.08 Å². The summed E-state index contributed by atoms with van der Waals surface area (Å²) < 4.78 is 0. The summed E-state index contributed by atoms with van der Waals surface area (Å²) in [6.45, 7) is 0. The number of allylic oxidation sites excluding steroid dienone is 1. The number of carbonyl (C=O) groups excluding carboxylic acids is 1. The van der Waals surface area contributed by atoms with Gasteiger partial charge in [0.05, 0.1) is 0 Å². The highest BCUT2D eigenvalue weighted by atomic mass is 16.3. The monoisotopic (exact) mass is 272 g/mol. The third-order valence-corrected chi connectivity index (χ3v) is 2.73. The zero-order chi connectivity index (χ0) is 14.7. The molecule has 0 fully saturated rings. The van der Waals surface area contributed by atoms with Crippen molar-refractivity contribution >= 4 is 11.9 Å². The first-order chi connectivity index (χ1) is 9.49. The molecule has 0 heterocycles. The molecule has 2 rings (SSSR count). The van der Waals surface area contributed by atoms with E-state index in [1.165, 1.54) is 48.6 Å². The largest absolute Gasteiger partial charge is 0.508 e. The van der Waals surface area contributed by atoms with E-state index in [9.17, 15) is 20.1 Å². The van der Waals surface area contributed by atoms with Crippen LogP contribution in [-0.4, -0.2) is 26.2 Å². The van der Waals surface area contributed by atoms with E-state index in [1.807, 2.05) is 0 Å². The molecule has 0 aliphatic rings. The number of ketones is 1. The van der Waals surface area contributed by atoms with Gasteiger partial charge in [0, 0.05) is 11.1 Å². The lowest BCUT2D eigenvalue weighted by molar-refractivity contribution is 0.104. The van der Waals surface area contributed by atoms with Crippen LogP contribution >= 0.6 is 0 Å². The molecule has 20 heavy (non-hydrogen) atoms.